The van der Waals surface area contributed by atoms with Crippen LogP contribution in [0.15, 0.2) is 18.3 Å². The maximum Gasteiger partial charge on any atom is 0.149 e. The normalized spacial score (nSPS) is 9.00. The highest BCUT2D eigenvalue weighted by molar-refractivity contribution is 5.34. The van der Waals surface area contributed by atoms with Gasteiger partial charge in [-0.2, -0.15) is 0 Å². The Kier molecular flexibility index (Phi) is 3.12. The van der Waals surface area contributed by atoms with Crippen molar-refractivity contribution in [1.82, 2.24) is 4.98 Å². The van der Waals surface area contributed by atoms with Crippen molar-refractivity contribution in [2.45, 2.75) is 6.92 Å². The Bertz CT molecular complexity index is 291. The van der Waals surface area contributed by atoms with Gasteiger partial charge < -0.3 is 0 Å². The fraction of sp³-hybridized carbons (Fsp3) is 0.222. The Hall–Kier alpha value is -1.53. The average molecular weight is 162 g/mol. The van der Waals surface area contributed by atoms with E-state index in [2.05, 4.69) is 16.4 Å². The van der Waals surface area contributed by atoms with Crippen LogP contribution in [0.3, 0.4) is 0 Å². The van der Waals surface area contributed by atoms with Crippen molar-refractivity contribution in [2.24, 2.45) is 0 Å². The molecule has 3 nitrogen and oxygen atoms in total. The third kappa shape index (κ3) is 2.60. The van der Waals surface area contributed by atoms with Gasteiger partial charge in [-0.15, -0.1) is 6.42 Å². The third-order valence-corrected chi connectivity index (χ3v) is 1.25. The topological polar surface area (TPSA) is 34.1 Å². The molecule has 1 N–H and O–H groups in total. The molecule has 1 rings (SSSR count). The Balaban J connectivity index is 2.48. The molecule has 1 heterocycles. The number of anilines is 1. The van der Waals surface area contributed by atoms with Crippen LogP contribution in [0.1, 0.15) is 5.56 Å². The van der Waals surface area contributed by atoms with Crippen LogP contribution in [0.2, 0.25) is 0 Å². The number of aromatic nitrogens is 1. The molecule has 0 atom stereocenters. The average Bonchev–Trinajstić information content (AvgIpc) is 2.05. The van der Waals surface area contributed by atoms with E-state index in [4.69, 9.17) is 11.3 Å². The molecule has 0 spiro atoms. The van der Waals surface area contributed by atoms with Crippen LogP contribution in [0.25, 0.3) is 0 Å². The van der Waals surface area contributed by atoms with Gasteiger partial charge in [-0.1, -0.05) is 5.92 Å². The van der Waals surface area contributed by atoms with E-state index in [-0.39, 0.29) is 6.61 Å². The van der Waals surface area contributed by atoms with Crippen molar-refractivity contribution in [3.63, 3.8) is 0 Å². The summed E-state index contributed by atoms with van der Waals surface area (Å²) in [6.07, 6.45) is 6.69. The van der Waals surface area contributed by atoms with E-state index < -0.39 is 0 Å². The smallest absolute Gasteiger partial charge is 0.149 e. The first kappa shape index (κ1) is 8.57. The van der Waals surface area contributed by atoms with E-state index >= 15 is 0 Å². The molecular weight excluding hydrogens is 152 g/mol. The number of hydrogen-bond acceptors (Lipinski definition) is 3. The van der Waals surface area contributed by atoms with Crippen LogP contribution < -0.4 is 5.48 Å². The molecule has 0 saturated heterocycles. The maximum absolute atomic E-state index is 4.99. The number of hydrogen-bond donors (Lipinski definition) is 1. The summed E-state index contributed by atoms with van der Waals surface area (Å²) in [7, 11) is 0. The molecule has 0 amide bonds. The number of terminal acetylenes is 1. The third-order valence-electron chi connectivity index (χ3n) is 1.25. The van der Waals surface area contributed by atoms with Gasteiger partial charge in [0.15, 0.2) is 0 Å². The first-order valence-corrected chi connectivity index (χ1v) is 3.57. The van der Waals surface area contributed by atoms with Crippen LogP contribution in [0.4, 0.5) is 5.82 Å². The van der Waals surface area contributed by atoms with Crippen molar-refractivity contribution in [3.8, 4) is 12.3 Å². The van der Waals surface area contributed by atoms with Gasteiger partial charge in [-0.05, 0) is 24.6 Å². The highest BCUT2D eigenvalue weighted by atomic mass is 16.6. The fourth-order valence-electron chi connectivity index (χ4n) is 0.744. The second-order valence-corrected chi connectivity index (χ2v) is 2.31. The second-order valence-electron chi connectivity index (χ2n) is 2.31. The molecule has 0 aliphatic heterocycles. The predicted octanol–water partition coefficient (Wildman–Crippen LogP) is 1.37. The molecule has 0 fully saturated rings. The van der Waals surface area contributed by atoms with Gasteiger partial charge in [0, 0.05) is 6.20 Å². The standard InChI is InChI=1S/C9H10N2O/c1-3-6-12-11-9-7-8(2)4-5-10-9/h1,4-5,7H,6H2,2H3,(H,10,11). The zero-order chi connectivity index (χ0) is 8.81. The summed E-state index contributed by atoms with van der Waals surface area (Å²) in [6.45, 7) is 2.21. The molecule has 0 aromatic carbocycles. The molecule has 62 valence electrons. The Morgan fingerprint density at radius 1 is 1.75 bits per heavy atom. The summed E-state index contributed by atoms with van der Waals surface area (Å²) in [5.41, 5.74) is 3.75. The highest BCUT2D eigenvalue weighted by Crippen LogP contribution is 2.04. The van der Waals surface area contributed by atoms with Crippen LogP contribution in [-0.4, -0.2) is 11.6 Å². The van der Waals surface area contributed by atoms with E-state index in [9.17, 15) is 0 Å². The minimum Gasteiger partial charge on any atom is -0.262 e. The minimum absolute atomic E-state index is 0.232. The number of pyridine rings is 1. The SMILES string of the molecule is C#CCONc1cc(C)ccn1. The second kappa shape index (κ2) is 4.37. The van der Waals surface area contributed by atoms with E-state index in [1.165, 1.54) is 0 Å². The number of nitrogens with zero attached hydrogens (tertiary/aromatic N) is 1. The first-order chi connectivity index (χ1) is 5.83. The van der Waals surface area contributed by atoms with Crippen LogP contribution in [0, 0.1) is 19.3 Å². The van der Waals surface area contributed by atoms with E-state index in [0.717, 1.165) is 5.56 Å². The van der Waals surface area contributed by atoms with E-state index in [1.54, 1.807) is 6.20 Å². The molecule has 0 bridgehead atoms. The summed E-state index contributed by atoms with van der Waals surface area (Å²) in [5, 5.41) is 0. The quantitative estimate of drug-likeness (QED) is 0.414. The number of aryl methyl sites for hydroxylation is 1. The first-order valence-electron chi connectivity index (χ1n) is 3.57. The summed E-state index contributed by atoms with van der Waals surface area (Å²) < 4.78 is 0. The molecule has 0 aliphatic rings. The van der Waals surface area contributed by atoms with E-state index in [1.807, 2.05) is 19.1 Å². The summed E-state index contributed by atoms with van der Waals surface area (Å²) in [5.74, 6) is 3.01. The van der Waals surface area contributed by atoms with Gasteiger partial charge >= 0.3 is 0 Å². The summed E-state index contributed by atoms with van der Waals surface area (Å²) >= 11 is 0. The summed E-state index contributed by atoms with van der Waals surface area (Å²) in [6, 6.07) is 3.78. The molecule has 1 aromatic heterocycles. The minimum atomic E-state index is 0.232. The lowest BCUT2D eigenvalue weighted by Crippen LogP contribution is -2.02. The molecule has 0 radical (unpaired) electrons. The lowest BCUT2D eigenvalue weighted by Gasteiger charge is -2.02. The Morgan fingerprint density at radius 3 is 3.25 bits per heavy atom. The van der Waals surface area contributed by atoms with Crippen LogP contribution in [0.5, 0.6) is 0 Å². The lowest BCUT2D eigenvalue weighted by molar-refractivity contribution is 0.232. The van der Waals surface area contributed by atoms with Gasteiger partial charge in [-0.25, -0.2) is 10.5 Å². The lowest BCUT2D eigenvalue weighted by atomic mass is 10.3. The van der Waals surface area contributed by atoms with Crippen molar-refractivity contribution in [3.05, 3.63) is 23.9 Å². The largest absolute Gasteiger partial charge is 0.262 e. The molecule has 3 heteroatoms. The molecule has 12 heavy (non-hydrogen) atoms. The monoisotopic (exact) mass is 162 g/mol. The van der Waals surface area contributed by atoms with Gasteiger partial charge in [0.2, 0.25) is 0 Å². The number of rotatable bonds is 3. The zero-order valence-electron chi connectivity index (χ0n) is 6.87. The van der Waals surface area contributed by atoms with Gasteiger partial charge in [0.05, 0.1) is 0 Å². The Labute approximate surface area is 71.7 Å². The van der Waals surface area contributed by atoms with Crippen molar-refractivity contribution >= 4 is 5.82 Å². The van der Waals surface area contributed by atoms with Gasteiger partial charge in [-0.3, -0.25) is 4.84 Å². The Morgan fingerprint density at radius 2 is 2.58 bits per heavy atom. The van der Waals surface area contributed by atoms with Crippen LogP contribution >= 0.6 is 0 Å². The number of nitrogens with one attached hydrogen (secondary N) is 1. The van der Waals surface area contributed by atoms with Crippen LogP contribution in [-0.2, 0) is 4.84 Å². The van der Waals surface area contributed by atoms with Crippen molar-refractivity contribution in [1.29, 1.82) is 0 Å². The molecule has 0 unspecified atom stereocenters. The van der Waals surface area contributed by atoms with Gasteiger partial charge in [0.25, 0.3) is 0 Å². The highest BCUT2D eigenvalue weighted by Gasteiger charge is 1.91. The van der Waals surface area contributed by atoms with Crippen molar-refractivity contribution < 1.29 is 4.84 Å². The zero-order valence-corrected chi connectivity index (χ0v) is 6.87. The predicted molar refractivity (Wildman–Crippen MR) is 47.4 cm³/mol. The maximum atomic E-state index is 4.99. The van der Waals surface area contributed by atoms with Crippen molar-refractivity contribution in [2.75, 3.05) is 12.1 Å². The fourth-order valence-corrected chi connectivity index (χ4v) is 0.744. The molecule has 0 saturated carbocycles. The molecule has 1 aromatic rings. The molecule has 0 aliphatic carbocycles. The van der Waals surface area contributed by atoms with E-state index in [0.29, 0.717) is 5.82 Å². The molecular formula is C9H10N2O. The van der Waals surface area contributed by atoms with Gasteiger partial charge in [0.1, 0.15) is 12.4 Å². The summed E-state index contributed by atoms with van der Waals surface area (Å²) in [4.78, 5) is 8.88.